The van der Waals surface area contributed by atoms with Gasteiger partial charge in [0.2, 0.25) is 11.8 Å². The largest absolute Gasteiger partial charge is 0.481 e. The molecule has 1 fully saturated rings. The predicted molar refractivity (Wildman–Crippen MR) is 56.0 cm³/mol. The van der Waals surface area contributed by atoms with Gasteiger partial charge in [-0.15, -0.1) is 0 Å². The standard InChI is InChI=1S/C10H15N3O2/c1-15-9-2-4-11-10(12-9)13-5-3-8(6-13)7-14/h2,4,8,14H,3,5-7H2,1H3. The van der Waals surface area contributed by atoms with Gasteiger partial charge in [0.1, 0.15) is 0 Å². The van der Waals surface area contributed by atoms with Crippen LogP contribution in [0.3, 0.4) is 0 Å². The Morgan fingerprint density at radius 3 is 3.20 bits per heavy atom. The van der Waals surface area contributed by atoms with Crippen molar-refractivity contribution in [2.24, 2.45) is 5.92 Å². The molecular formula is C10H15N3O2. The summed E-state index contributed by atoms with van der Waals surface area (Å²) in [6.45, 7) is 1.96. The molecule has 0 amide bonds. The van der Waals surface area contributed by atoms with E-state index in [1.807, 2.05) is 0 Å². The van der Waals surface area contributed by atoms with Crippen LogP contribution in [0.5, 0.6) is 5.88 Å². The summed E-state index contributed by atoms with van der Waals surface area (Å²) in [7, 11) is 1.59. The van der Waals surface area contributed by atoms with Gasteiger partial charge in [-0.3, -0.25) is 0 Å². The van der Waals surface area contributed by atoms with Gasteiger partial charge in [0.15, 0.2) is 0 Å². The maximum atomic E-state index is 9.04. The molecule has 2 rings (SSSR count). The number of methoxy groups -OCH3 is 1. The third-order valence-electron chi connectivity index (χ3n) is 2.65. The zero-order valence-corrected chi connectivity index (χ0v) is 8.76. The second-order valence-electron chi connectivity index (χ2n) is 3.68. The van der Waals surface area contributed by atoms with Gasteiger partial charge in [0.25, 0.3) is 0 Å². The SMILES string of the molecule is COc1ccnc(N2CCC(CO)C2)n1. The van der Waals surface area contributed by atoms with Crippen LogP contribution in [0.4, 0.5) is 5.95 Å². The summed E-state index contributed by atoms with van der Waals surface area (Å²) in [5.74, 6) is 1.61. The molecule has 0 aliphatic carbocycles. The Morgan fingerprint density at radius 1 is 1.67 bits per heavy atom. The van der Waals surface area contributed by atoms with Crippen molar-refractivity contribution in [3.8, 4) is 5.88 Å². The maximum absolute atomic E-state index is 9.04. The van der Waals surface area contributed by atoms with Crippen molar-refractivity contribution in [1.82, 2.24) is 9.97 Å². The van der Waals surface area contributed by atoms with Gasteiger partial charge < -0.3 is 14.7 Å². The average molecular weight is 209 g/mol. The van der Waals surface area contributed by atoms with E-state index in [1.54, 1.807) is 19.4 Å². The highest BCUT2D eigenvalue weighted by Crippen LogP contribution is 2.21. The minimum Gasteiger partial charge on any atom is -0.481 e. The molecular weight excluding hydrogens is 194 g/mol. The molecule has 1 N–H and O–H groups in total. The summed E-state index contributed by atoms with van der Waals surface area (Å²) in [5.41, 5.74) is 0. The Kier molecular flexibility index (Phi) is 3.01. The molecule has 1 saturated heterocycles. The molecule has 0 aromatic carbocycles. The van der Waals surface area contributed by atoms with Crippen LogP contribution < -0.4 is 9.64 Å². The third-order valence-corrected chi connectivity index (χ3v) is 2.65. The van der Waals surface area contributed by atoms with Crippen LogP contribution in [0, 0.1) is 5.92 Å². The molecule has 1 unspecified atom stereocenters. The van der Waals surface area contributed by atoms with Crippen LogP contribution in [-0.4, -0.2) is 41.9 Å². The first-order valence-corrected chi connectivity index (χ1v) is 5.06. The van der Waals surface area contributed by atoms with Crippen LogP contribution >= 0.6 is 0 Å². The Hall–Kier alpha value is -1.36. The molecule has 1 aliphatic heterocycles. The van der Waals surface area contributed by atoms with E-state index >= 15 is 0 Å². The molecule has 15 heavy (non-hydrogen) atoms. The number of anilines is 1. The van der Waals surface area contributed by atoms with Crippen LogP contribution in [-0.2, 0) is 0 Å². The van der Waals surface area contributed by atoms with Gasteiger partial charge >= 0.3 is 0 Å². The Balaban J connectivity index is 2.09. The van der Waals surface area contributed by atoms with Crippen LogP contribution in [0.1, 0.15) is 6.42 Å². The van der Waals surface area contributed by atoms with E-state index in [2.05, 4.69) is 14.9 Å². The lowest BCUT2D eigenvalue weighted by atomic mass is 10.1. The maximum Gasteiger partial charge on any atom is 0.228 e. The molecule has 1 atom stereocenters. The average Bonchev–Trinajstić information content (AvgIpc) is 2.78. The van der Waals surface area contributed by atoms with Gasteiger partial charge in [-0.1, -0.05) is 0 Å². The summed E-state index contributed by atoms with van der Waals surface area (Å²) in [4.78, 5) is 10.5. The van der Waals surface area contributed by atoms with Crippen LogP contribution in [0.25, 0.3) is 0 Å². The molecule has 1 aliphatic rings. The lowest BCUT2D eigenvalue weighted by molar-refractivity contribution is 0.238. The summed E-state index contributed by atoms with van der Waals surface area (Å²) in [6.07, 6.45) is 2.69. The monoisotopic (exact) mass is 209 g/mol. The molecule has 0 spiro atoms. The Bertz CT molecular complexity index is 332. The van der Waals surface area contributed by atoms with Crippen molar-refractivity contribution >= 4 is 5.95 Å². The summed E-state index contributed by atoms with van der Waals surface area (Å²) < 4.78 is 5.04. The zero-order valence-electron chi connectivity index (χ0n) is 8.76. The van der Waals surface area contributed by atoms with Gasteiger partial charge in [-0.2, -0.15) is 4.98 Å². The first-order valence-electron chi connectivity index (χ1n) is 5.06. The number of rotatable bonds is 3. The normalized spacial score (nSPS) is 20.7. The number of hydrogen-bond donors (Lipinski definition) is 1. The molecule has 5 nitrogen and oxygen atoms in total. The molecule has 1 aromatic heterocycles. The van der Waals surface area contributed by atoms with E-state index in [0.29, 0.717) is 17.7 Å². The van der Waals surface area contributed by atoms with Crippen molar-refractivity contribution in [3.63, 3.8) is 0 Å². The topological polar surface area (TPSA) is 58.5 Å². The van der Waals surface area contributed by atoms with Gasteiger partial charge in [0.05, 0.1) is 7.11 Å². The molecule has 0 bridgehead atoms. The second kappa shape index (κ2) is 4.44. The van der Waals surface area contributed by atoms with E-state index in [0.717, 1.165) is 19.5 Å². The zero-order chi connectivity index (χ0) is 10.7. The van der Waals surface area contributed by atoms with E-state index in [1.165, 1.54) is 0 Å². The lowest BCUT2D eigenvalue weighted by Gasteiger charge is -2.15. The van der Waals surface area contributed by atoms with E-state index in [4.69, 9.17) is 9.84 Å². The van der Waals surface area contributed by atoms with Crippen molar-refractivity contribution < 1.29 is 9.84 Å². The minimum atomic E-state index is 0.237. The number of nitrogens with zero attached hydrogens (tertiary/aromatic N) is 3. The quantitative estimate of drug-likeness (QED) is 0.776. The van der Waals surface area contributed by atoms with Crippen LogP contribution in [0.15, 0.2) is 12.3 Å². The number of ether oxygens (including phenoxy) is 1. The number of aliphatic hydroxyl groups excluding tert-OH is 1. The smallest absolute Gasteiger partial charge is 0.228 e. The van der Waals surface area contributed by atoms with Gasteiger partial charge in [-0.25, -0.2) is 4.98 Å². The first kappa shape index (κ1) is 10.2. The molecule has 2 heterocycles. The van der Waals surface area contributed by atoms with Crippen molar-refractivity contribution in [2.45, 2.75) is 6.42 Å². The number of hydrogen-bond acceptors (Lipinski definition) is 5. The highest BCUT2D eigenvalue weighted by molar-refractivity contribution is 5.33. The number of aromatic nitrogens is 2. The van der Waals surface area contributed by atoms with Crippen molar-refractivity contribution in [2.75, 3.05) is 31.7 Å². The molecule has 82 valence electrons. The fraction of sp³-hybridized carbons (Fsp3) is 0.600. The molecule has 0 radical (unpaired) electrons. The third kappa shape index (κ3) is 2.18. The summed E-state index contributed by atoms with van der Waals surface area (Å²) in [6, 6.07) is 1.73. The van der Waals surface area contributed by atoms with E-state index in [-0.39, 0.29) is 6.61 Å². The van der Waals surface area contributed by atoms with E-state index in [9.17, 15) is 0 Å². The molecule has 0 saturated carbocycles. The molecule has 1 aromatic rings. The lowest BCUT2D eigenvalue weighted by Crippen LogP contribution is -2.22. The Morgan fingerprint density at radius 2 is 2.53 bits per heavy atom. The van der Waals surface area contributed by atoms with Crippen LogP contribution in [0.2, 0.25) is 0 Å². The highest BCUT2D eigenvalue weighted by Gasteiger charge is 2.23. The second-order valence-corrected chi connectivity index (χ2v) is 3.68. The first-order chi connectivity index (χ1) is 7.33. The summed E-state index contributed by atoms with van der Waals surface area (Å²) >= 11 is 0. The van der Waals surface area contributed by atoms with Crippen molar-refractivity contribution in [1.29, 1.82) is 0 Å². The highest BCUT2D eigenvalue weighted by atomic mass is 16.5. The summed E-state index contributed by atoms with van der Waals surface area (Å²) in [5, 5.41) is 9.04. The van der Waals surface area contributed by atoms with Gasteiger partial charge in [0, 0.05) is 37.9 Å². The Labute approximate surface area is 88.7 Å². The minimum absolute atomic E-state index is 0.237. The van der Waals surface area contributed by atoms with Crippen molar-refractivity contribution in [3.05, 3.63) is 12.3 Å². The fourth-order valence-electron chi connectivity index (χ4n) is 1.76. The predicted octanol–water partition coefficient (Wildman–Crippen LogP) is 0.304. The number of aliphatic hydroxyl groups is 1. The van der Waals surface area contributed by atoms with E-state index < -0.39 is 0 Å². The molecule has 5 heteroatoms. The van der Waals surface area contributed by atoms with Gasteiger partial charge in [-0.05, 0) is 6.42 Å². The fourth-order valence-corrected chi connectivity index (χ4v) is 1.76.